The molecule has 0 saturated heterocycles. The fourth-order valence-electron chi connectivity index (χ4n) is 2.31. The summed E-state index contributed by atoms with van der Waals surface area (Å²) in [7, 11) is 0. The van der Waals surface area contributed by atoms with Gasteiger partial charge in [0.2, 0.25) is 0 Å². The smallest absolute Gasteiger partial charge is 0.330 e. The van der Waals surface area contributed by atoms with Crippen molar-refractivity contribution in [2.75, 3.05) is 6.61 Å². The van der Waals surface area contributed by atoms with Gasteiger partial charge in [0.1, 0.15) is 0 Å². The fraction of sp³-hybridized carbons (Fsp3) is 0.833. The van der Waals surface area contributed by atoms with Crippen LogP contribution in [0.4, 0.5) is 0 Å². The highest BCUT2D eigenvalue weighted by Gasteiger charge is 2.17. The van der Waals surface area contributed by atoms with E-state index in [2.05, 4.69) is 6.92 Å². The lowest BCUT2D eigenvalue weighted by atomic mass is 10.1. The molecule has 2 nitrogen and oxygen atoms in total. The van der Waals surface area contributed by atoms with Crippen LogP contribution in [0, 0.1) is 5.92 Å². The molecule has 0 unspecified atom stereocenters. The van der Waals surface area contributed by atoms with Gasteiger partial charge in [0.25, 0.3) is 0 Å². The summed E-state index contributed by atoms with van der Waals surface area (Å²) in [5, 5.41) is 0. The van der Waals surface area contributed by atoms with Crippen molar-refractivity contribution in [3.05, 3.63) is 12.2 Å². The molecule has 0 aromatic carbocycles. The number of carbonyl (C=O) groups excluding carboxylic acids is 1. The Balaban J connectivity index is 1.74. The van der Waals surface area contributed by atoms with Gasteiger partial charge in [-0.1, -0.05) is 70.8 Å². The van der Waals surface area contributed by atoms with E-state index in [0.717, 1.165) is 6.42 Å². The molecule has 2 heteroatoms. The number of carbonyl (C=O) groups is 1. The summed E-state index contributed by atoms with van der Waals surface area (Å²) in [6.07, 6.45) is 19.2. The van der Waals surface area contributed by atoms with Gasteiger partial charge in [-0.2, -0.15) is 0 Å². The highest BCUT2D eigenvalue weighted by Crippen LogP contribution is 2.29. The van der Waals surface area contributed by atoms with E-state index in [9.17, 15) is 4.79 Å². The van der Waals surface area contributed by atoms with Crippen LogP contribution in [0.25, 0.3) is 0 Å². The molecule has 0 amide bonds. The quantitative estimate of drug-likeness (QED) is 0.256. The Morgan fingerprint density at radius 2 is 1.50 bits per heavy atom. The number of hydrogen-bond acceptors (Lipinski definition) is 2. The molecule has 0 aromatic rings. The van der Waals surface area contributed by atoms with Crippen LogP contribution in [0.5, 0.6) is 0 Å². The van der Waals surface area contributed by atoms with E-state index in [1.165, 1.54) is 70.6 Å². The highest BCUT2D eigenvalue weighted by molar-refractivity contribution is 5.81. The summed E-state index contributed by atoms with van der Waals surface area (Å²) >= 11 is 0. The zero-order valence-electron chi connectivity index (χ0n) is 13.2. The topological polar surface area (TPSA) is 26.3 Å². The van der Waals surface area contributed by atoms with Crippen molar-refractivity contribution < 1.29 is 9.53 Å². The predicted octanol–water partition coefficient (Wildman–Crippen LogP) is 5.42. The minimum absolute atomic E-state index is 0.159. The van der Waals surface area contributed by atoms with E-state index in [4.69, 9.17) is 4.74 Å². The second kappa shape index (κ2) is 12.0. The lowest BCUT2D eigenvalue weighted by Crippen LogP contribution is -2.02. The Labute approximate surface area is 125 Å². The van der Waals surface area contributed by atoms with Crippen molar-refractivity contribution in [2.24, 2.45) is 5.92 Å². The molecular weight excluding hydrogens is 248 g/mol. The molecule has 1 fully saturated rings. The molecule has 1 aliphatic carbocycles. The van der Waals surface area contributed by atoms with Gasteiger partial charge >= 0.3 is 5.97 Å². The van der Waals surface area contributed by atoms with Crippen LogP contribution in [0.15, 0.2) is 12.2 Å². The number of hydrogen-bond donors (Lipinski definition) is 0. The largest absolute Gasteiger partial charge is 0.463 e. The van der Waals surface area contributed by atoms with Crippen molar-refractivity contribution in [2.45, 2.75) is 84.0 Å². The molecule has 0 aromatic heterocycles. The summed E-state index contributed by atoms with van der Waals surface area (Å²) in [5.74, 6) is 0.493. The Kier molecular flexibility index (Phi) is 10.3. The lowest BCUT2D eigenvalue weighted by molar-refractivity contribution is -0.137. The second-order valence-corrected chi connectivity index (χ2v) is 6.05. The van der Waals surface area contributed by atoms with Crippen molar-refractivity contribution in [1.82, 2.24) is 0 Å². The van der Waals surface area contributed by atoms with Gasteiger partial charge in [0.05, 0.1) is 6.61 Å². The number of unbranched alkanes of at least 4 members (excludes halogenated alkanes) is 9. The van der Waals surface area contributed by atoms with E-state index in [-0.39, 0.29) is 5.97 Å². The maximum absolute atomic E-state index is 11.3. The average Bonchev–Trinajstić information content (AvgIpc) is 3.27. The molecule has 116 valence electrons. The maximum atomic E-state index is 11.3. The van der Waals surface area contributed by atoms with Gasteiger partial charge < -0.3 is 4.74 Å². The van der Waals surface area contributed by atoms with Crippen molar-refractivity contribution in [1.29, 1.82) is 0 Å². The molecule has 20 heavy (non-hydrogen) atoms. The minimum Gasteiger partial charge on any atom is -0.463 e. The highest BCUT2D eigenvalue weighted by atomic mass is 16.5. The molecule has 0 N–H and O–H groups in total. The Bertz CT molecular complexity index is 267. The fourth-order valence-corrected chi connectivity index (χ4v) is 2.31. The molecule has 0 bridgehead atoms. The molecule has 0 heterocycles. The number of allylic oxidation sites excluding steroid dienone is 1. The van der Waals surface area contributed by atoms with Gasteiger partial charge in [0, 0.05) is 6.08 Å². The SMILES string of the molecule is CCCCCCCCCCCCOC(=O)C=CC1CC1. The third-order valence-electron chi connectivity index (χ3n) is 3.87. The lowest BCUT2D eigenvalue weighted by Gasteiger charge is -2.03. The zero-order valence-corrected chi connectivity index (χ0v) is 13.2. The second-order valence-electron chi connectivity index (χ2n) is 6.05. The van der Waals surface area contributed by atoms with Gasteiger partial charge in [-0.05, 0) is 25.2 Å². The van der Waals surface area contributed by atoms with Gasteiger partial charge in [-0.25, -0.2) is 4.79 Å². The Morgan fingerprint density at radius 1 is 0.950 bits per heavy atom. The molecule has 1 aliphatic rings. The normalized spacial score (nSPS) is 14.8. The van der Waals surface area contributed by atoms with E-state index in [0.29, 0.717) is 12.5 Å². The molecule has 1 saturated carbocycles. The van der Waals surface area contributed by atoms with Crippen LogP contribution >= 0.6 is 0 Å². The summed E-state index contributed by atoms with van der Waals surface area (Å²) in [6, 6.07) is 0. The third kappa shape index (κ3) is 11.1. The summed E-state index contributed by atoms with van der Waals surface area (Å²) in [4.78, 5) is 11.3. The van der Waals surface area contributed by atoms with Crippen LogP contribution in [-0.4, -0.2) is 12.6 Å². The summed E-state index contributed by atoms with van der Waals surface area (Å²) in [6.45, 7) is 2.85. The first kappa shape index (κ1) is 17.3. The number of rotatable bonds is 13. The molecular formula is C18H32O2. The first-order valence-electron chi connectivity index (χ1n) is 8.68. The third-order valence-corrected chi connectivity index (χ3v) is 3.87. The van der Waals surface area contributed by atoms with Crippen LogP contribution in [0.1, 0.15) is 84.0 Å². The summed E-state index contributed by atoms with van der Waals surface area (Å²) in [5.41, 5.74) is 0. The van der Waals surface area contributed by atoms with E-state index >= 15 is 0 Å². The predicted molar refractivity (Wildman–Crippen MR) is 84.7 cm³/mol. The van der Waals surface area contributed by atoms with Gasteiger partial charge in [-0.15, -0.1) is 0 Å². The maximum Gasteiger partial charge on any atom is 0.330 e. The van der Waals surface area contributed by atoms with Crippen molar-refractivity contribution in [3.63, 3.8) is 0 Å². The first-order valence-corrected chi connectivity index (χ1v) is 8.68. The Hall–Kier alpha value is -0.790. The molecule has 0 spiro atoms. The monoisotopic (exact) mass is 280 g/mol. The molecule has 0 atom stereocenters. The number of ether oxygens (including phenoxy) is 1. The first-order chi connectivity index (χ1) is 9.83. The van der Waals surface area contributed by atoms with E-state index in [1.807, 2.05) is 6.08 Å². The minimum atomic E-state index is -0.159. The van der Waals surface area contributed by atoms with Crippen LogP contribution < -0.4 is 0 Å². The molecule has 0 aliphatic heterocycles. The standard InChI is InChI=1S/C18H32O2/c1-2-3-4-5-6-7-8-9-10-11-16-20-18(19)15-14-17-12-13-17/h14-15,17H,2-13,16H2,1H3. The van der Waals surface area contributed by atoms with E-state index in [1.54, 1.807) is 6.08 Å². The number of esters is 1. The van der Waals surface area contributed by atoms with Crippen LogP contribution in [0.3, 0.4) is 0 Å². The average molecular weight is 280 g/mol. The molecule has 1 rings (SSSR count). The van der Waals surface area contributed by atoms with Gasteiger partial charge in [0.15, 0.2) is 0 Å². The summed E-state index contributed by atoms with van der Waals surface area (Å²) < 4.78 is 5.17. The Morgan fingerprint density at radius 3 is 2.05 bits per heavy atom. The van der Waals surface area contributed by atoms with Crippen LogP contribution in [-0.2, 0) is 9.53 Å². The zero-order chi connectivity index (χ0) is 14.5. The van der Waals surface area contributed by atoms with E-state index < -0.39 is 0 Å². The van der Waals surface area contributed by atoms with Crippen LogP contribution in [0.2, 0.25) is 0 Å². The molecule has 0 radical (unpaired) electrons. The van der Waals surface area contributed by atoms with Crippen molar-refractivity contribution in [3.8, 4) is 0 Å². The van der Waals surface area contributed by atoms with Gasteiger partial charge in [-0.3, -0.25) is 0 Å². The van der Waals surface area contributed by atoms with Crippen molar-refractivity contribution >= 4 is 5.97 Å².